The van der Waals surface area contributed by atoms with Crippen molar-refractivity contribution in [3.8, 4) is 11.4 Å². The van der Waals surface area contributed by atoms with Gasteiger partial charge in [-0.1, -0.05) is 17.3 Å². The third-order valence-electron chi connectivity index (χ3n) is 3.02. The molecule has 1 aromatic carbocycles. The summed E-state index contributed by atoms with van der Waals surface area (Å²) in [5.74, 6) is -0.156. The highest BCUT2D eigenvalue weighted by atomic mass is 32.2. The average molecular weight is 379 g/mol. The van der Waals surface area contributed by atoms with E-state index in [4.69, 9.17) is 9.26 Å². The summed E-state index contributed by atoms with van der Waals surface area (Å²) in [6.45, 7) is -0.219. The zero-order valence-corrected chi connectivity index (χ0v) is 14.6. The van der Waals surface area contributed by atoms with E-state index >= 15 is 0 Å². The standard InChI is InChI=1S/C15H13N3O5S2/c1-25(20,21)18-12-5-3-2-4-11(12)15(19)22-8-13-16-14(17-23-13)10-6-7-24-9-10/h2-7,9,18H,8H2,1H3. The highest BCUT2D eigenvalue weighted by Gasteiger charge is 2.17. The van der Waals surface area contributed by atoms with Gasteiger partial charge in [-0.2, -0.15) is 16.3 Å². The number of nitrogens with one attached hydrogen (secondary N) is 1. The number of benzene rings is 1. The van der Waals surface area contributed by atoms with Gasteiger partial charge in [0.2, 0.25) is 15.8 Å². The SMILES string of the molecule is CS(=O)(=O)Nc1ccccc1C(=O)OCc1nc(-c2ccsc2)no1. The van der Waals surface area contributed by atoms with Gasteiger partial charge < -0.3 is 9.26 Å². The lowest BCUT2D eigenvalue weighted by atomic mass is 10.2. The van der Waals surface area contributed by atoms with Gasteiger partial charge in [0.1, 0.15) is 0 Å². The van der Waals surface area contributed by atoms with Gasteiger partial charge >= 0.3 is 5.97 Å². The van der Waals surface area contributed by atoms with Crippen LogP contribution in [0.3, 0.4) is 0 Å². The summed E-state index contributed by atoms with van der Waals surface area (Å²) in [5.41, 5.74) is 1.04. The number of para-hydroxylation sites is 1. The van der Waals surface area contributed by atoms with Crippen LogP contribution in [-0.2, 0) is 21.4 Å². The first-order chi connectivity index (χ1) is 11.9. The Kier molecular flexibility index (Phi) is 4.81. The summed E-state index contributed by atoms with van der Waals surface area (Å²) in [4.78, 5) is 16.4. The van der Waals surface area contributed by atoms with Crippen molar-refractivity contribution < 1.29 is 22.5 Å². The molecule has 0 aliphatic carbocycles. The Morgan fingerprint density at radius 2 is 2.12 bits per heavy atom. The van der Waals surface area contributed by atoms with Crippen LogP contribution in [0.15, 0.2) is 45.6 Å². The van der Waals surface area contributed by atoms with E-state index in [0.29, 0.717) is 5.82 Å². The molecule has 0 saturated carbocycles. The molecule has 0 aliphatic rings. The fourth-order valence-electron chi connectivity index (χ4n) is 1.98. The van der Waals surface area contributed by atoms with Gasteiger partial charge in [0, 0.05) is 10.9 Å². The van der Waals surface area contributed by atoms with Crippen molar-refractivity contribution in [3.05, 3.63) is 52.5 Å². The third kappa shape index (κ3) is 4.43. The molecule has 0 aliphatic heterocycles. The molecule has 0 fully saturated rings. The molecule has 130 valence electrons. The monoisotopic (exact) mass is 379 g/mol. The van der Waals surface area contributed by atoms with Crippen LogP contribution in [0, 0.1) is 0 Å². The number of hydrogen-bond acceptors (Lipinski definition) is 8. The number of carbonyl (C=O) groups is 1. The first-order valence-corrected chi connectivity index (χ1v) is 9.85. The van der Waals surface area contributed by atoms with Crippen molar-refractivity contribution in [2.75, 3.05) is 11.0 Å². The first-order valence-electron chi connectivity index (χ1n) is 7.01. The van der Waals surface area contributed by atoms with Crippen LogP contribution >= 0.6 is 11.3 Å². The van der Waals surface area contributed by atoms with E-state index in [1.165, 1.54) is 23.5 Å². The number of nitrogens with zero attached hydrogens (tertiary/aromatic N) is 2. The van der Waals surface area contributed by atoms with E-state index in [1.54, 1.807) is 12.1 Å². The quantitative estimate of drug-likeness (QED) is 0.655. The Labute approximate surface area is 147 Å². The molecule has 10 heteroatoms. The molecule has 0 radical (unpaired) electrons. The second-order valence-corrected chi connectivity index (χ2v) is 7.55. The largest absolute Gasteiger partial charge is 0.452 e. The van der Waals surface area contributed by atoms with Crippen LogP contribution in [0.2, 0.25) is 0 Å². The van der Waals surface area contributed by atoms with Gasteiger partial charge in [0.15, 0.2) is 6.61 Å². The number of hydrogen-bond donors (Lipinski definition) is 1. The third-order valence-corrected chi connectivity index (χ3v) is 4.29. The van der Waals surface area contributed by atoms with Crippen molar-refractivity contribution >= 4 is 33.0 Å². The van der Waals surface area contributed by atoms with Crippen LogP contribution in [0.1, 0.15) is 16.2 Å². The minimum atomic E-state index is -3.52. The first kappa shape index (κ1) is 17.1. The predicted molar refractivity (Wildman–Crippen MR) is 91.6 cm³/mol. The molecule has 8 nitrogen and oxygen atoms in total. The highest BCUT2D eigenvalue weighted by molar-refractivity contribution is 7.92. The molecule has 1 N–H and O–H groups in total. The molecule has 3 aromatic rings. The Bertz CT molecular complexity index is 980. The lowest BCUT2D eigenvalue weighted by molar-refractivity contribution is 0.0431. The molecule has 2 aromatic heterocycles. The van der Waals surface area contributed by atoms with Crippen molar-refractivity contribution in [1.29, 1.82) is 0 Å². The molecular formula is C15H13N3O5S2. The van der Waals surface area contributed by atoms with Crippen molar-refractivity contribution in [2.24, 2.45) is 0 Å². The molecule has 0 saturated heterocycles. The zero-order chi connectivity index (χ0) is 17.9. The Balaban J connectivity index is 1.69. The van der Waals surface area contributed by atoms with Gasteiger partial charge in [0.25, 0.3) is 5.89 Å². The maximum atomic E-state index is 12.2. The molecular weight excluding hydrogens is 366 g/mol. The van der Waals surface area contributed by atoms with Gasteiger partial charge in [-0.15, -0.1) is 0 Å². The number of anilines is 1. The lowest BCUT2D eigenvalue weighted by Crippen LogP contribution is -2.14. The summed E-state index contributed by atoms with van der Waals surface area (Å²) in [7, 11) is -3.52. The second-order valence-electron chi connectivity index (χ2n) is 5.02. The molecule has 25 heavy (non-hydrogen) atoms. The summed E-state index contributed by atoms with van der Waals surface area (Å²) < 4.78 is 35.2. The summed E-state index contributed by atoms with van der Waals surface area (Å²) >= 11 is 1.50. The fourth-order valence-corrected chi connectivity index (χ4v) is 3.19. The zero-order valence-electron chi connectivity index (χ0n) is 13.0. The minimum absolute atomic E-state index is 0.0884. The number of carbonyl (C=O) groups excluding carboxylic acids is 1. The molecule has 0 spiro atoms. The number of thiophene rings is 1. The van der Waals surface area contributed by atoms with Crippen LogP contribution in [0.4, 0.5) is 5.69 Å². The molecule has 0 atom stereocenters. The molecule has 0 amide bonds. The van der Waals surface area contributed by atoms with E-state index in [-0.39, 0.29) is 23.7 Å². The van der Waals surface area contributed by atoms with Crippen molar-refractivity contribution in [2.45, 2.75) is 6.61 Å². The van der Waals surface area contributed by atoms with Gasteiger partial charge in [0.05, 0.1) is 17.5 Å². The van der Waals surface area contributed by atoms with E-state index in [9.17, 15) is 13.2 Å². The van der Waals surface area contributed by atoms with Crippen LogP contribution < -0.4 is 4.72 Å². The van der Waals surface area contributed by atoms with E-state index in [1.807, 2.05) is 16.8 Å². The summed E-state index contributed by atoms with van der Waals surface area (Å²) in [6, 6.07) is 7.98. The molecule has 3 rings (SSSR count). The topological polar surface area (TPSA) is 111 Å². The van der Waals surface area contributed by atoms with Gasteiger partial charge in [-0.25, -0.2) is 13.2 Å². The summed E-state index contributed by atoms with van der Waals surface area (Å²) in [5, 5.41) is 7.57. The van der Waals surface area contributed by atoms with E-state index < -0.39 is 16.0 Å². The smallest absolute Gasteiger partial charge is 0.340 e. The van der Waals surface area contributed by atoms with Crippen LogP contribution in [0.25, 0.3) is 11.4 Å². The molecule has 2 heterocycles. The number of aromatic nitrogens is 2. The van der Waals surface area contributed by atoms with Crippen molar-refractivity contribution in [3.63, 3.8) is 0 Å². The Morgan fingerprint density at radius 1 is 1.32 bits per heavy atom. The van der Waals surface area contributed by atoms with Gasteiger partial charge in [-0.3, -0.25) is 4.72 Å². The summed E-state index contributed by atoms with van der Waals surface area (Å²) in [6.07, 6.45) is 1.000. The number of sulfonamides is 1. The van der Waals surface area contributed by atoms with Crippen LogP contribution in [0.5, 0.6) is 0 Å². The normalized spacial score (nSPS) is 11.2. The number of esters is 1. The lowest BCUT2D eigenvalue weighted by Gasteiger charge is -2.09. The van der Waals surface area contributed by atoms with E-state index in [0.717, 1.165) is 11.8 Å². The second kappa shape index (κ2) is 7.03. The number of rotatable bonds is 6. The highest BCUT2D eigenvalue weighted by Crippen LogP contribution is 2.20. The van der Waals surface area contributed by atoms with Crippen molar-refractivity contribution in [1.82, 2.24) is 10.1 Å². The average Bonchev–Trinajstić information content (AvgIpc) is 3.23. The van der Waals surface area contributed by atoms with Gasteiger partial charge in [-0.05, 0) is 23.6 Å². The fraction of sp³-hybridized carbons (Fsp3) is 0.133. The molecule has 0 bridgehead atoms. The minimum Gasteiger partial charge on any atom is -0.452 e. The maximum Gasteiger partial charge on any atom is 0.340 e. The predicted octanol–water partition coefficient (Wildman–Crippen LogP) is 2.53. The van der Waals surface area contributed by atoms with E-state index in [2.05, 4.69) is 14.9 Å². The van der Waals surface area contributed by atoms with Crippen LogP contribution in [-0.4, -0.2) is 30.8 Å². The Hall–Kier alpha value is -2.72. The maximum absolute atomic E-state index is 12.2. The number of ether oxygens (including phenoxy) is 1. The molecule has 0 unspecified atom stereocenters. The Morgan fingerprint density at radius 3 is 2.84 bits per heavy atom.